The van der Waals surface area contributed by atoms with Gasteiger partial charge in [-0.2, -0.15) is 16.8 Å². The molecule has 0 aromatic carbocycles. The number of hydrogen-bond donors (Lipinski definition) is 2. The Bertz CT molecular complexity index is 1100. The van der Waals surface area contributed by atoms with E-state index in [4.69, 9.17) is 17.5 Å². The standard InChI is InChI=1S/C27H46O8S2/c1-18(7-6-14-25(2,3)35-37(31,32)33)22-10-11-23-21-9-8-19-17-20(34-36(28,29)30)12-15-26(19,4)24(21)13-16-27(22,23)5/h8,18,20-24H,6-7,9-17H2,1-5H3,(H,28,29,30)(H,31,32,33). The van der Waals surface area contributed by atoms with Crippen molar-refractivity contribution >= 4 is 20.8 Å². The van der Waals surface area contributed by atoms with E-state index in [1.54, 1.807) is 13.8 Å². The second-order valence-electron chi connectivity index (χ2n) is 13.5. The summed E-state index contributed by atoms with van der Waals surface area (Å²) < 4.78 is 72.8. The van der Waals surface area contributed by atoms with Crippen molar-refractivity contribution in [3.63, 3.8) is 0 Å². The zero-order valence-electron chi connectivity index (χ0n) is 23.0. The molecule has 8 unspecified atom stereocenters. The molecule has 2 N–H and O–H groups in total. The Balaban J connectivity index is 1.41. The van der Waals surface area contributed by atoms with E-state index < -0.39 is 32.5 Å². The van der Waals surface area contributed by atoms with Gasteiger partial charge in [0, 0.05) is 0 Å². The van der Waals surface area contributed by atoms with Crippen LogP contribution in [0.5, 0.6) is 0 Å². The van der Waals surface area contributed by atoms with Gasteiger partial charge in [-0.1, -0.05) is 45.3 Å². The third kappa shape index (κ3) is 6.30. The molecule has 0 amide bonds. The molecule has 0 spiro atoms. The van der Waals surface area contributed by atoms with Crippen molar-refractivity contribution in [2.75, 3.05) is 0 Å². The molecule has 0 radical (unpaired) electrons. The Kier molecular flexibility index (Phi) is 8.08. The van der Waals surface area contributed by atoms with Crippen LogP contribution in [0.25, 0.3) is 0 Å². The average Bonchev–Trinajstić information content (AvgIpc) is 3.08. The first-order valence-corrected chi connectivity index (χ1v) is 16.7. The lowest BCUT2D eigenvalue weighted by Gasteiger charge is -2.58. The van der Waals surface area contributed by atoms with Crippen molar-refractivity contribution in [1.29, 1.82) is 0 Å². The van der Waals surface area contributed by atoms with Crippen molar-refractivity contribution < 1.29 is 34.3 Å². The van der Waals surface area contributed by atoms with Gasteiger partial charge in [-0.3, -0.25) is 9.11 Å². The van der Waals surface area contributed by atoms with Crippen LogP contribution in [0, 0.1) is 40.4 Å². The summed E-state index contributed by atoms with van der Waals surface area (Å²) in [5, 5.41) is 0. The van der Waals surface area contributed by atoms with Crippen molar-refractivity contribution in [1.82, 2.24) is 0 Å². The quantitative estimate of drug-likeness (QED) is 0.253. The van der Waals surface area contributed by atoms with Crippen LogP contribution in [0.1, 0.15) is 105 Å². The Hall–Kier alpha value is -0.520. The number of hydrogen-bond acceptors (Lipinski definition) is 6. The normalized spacial score (nSPS) is 39.3. The topological polar surface area (TPSA) is 127 Å². The molecule has 37 heavy (non-hydrogen) atoms. The SMILES string of the molecule is CC(CCCC(C)(C)OS(=O)(=O)O)C1CCC2C3CC=C4CC(OS(=O)(=O)O)CCC4(C)C3CCC12C. The fourth-order valence-corrected chi connectivity index (χ4v) is 10.4. The van der Waals surface area contributed by atoms with Crippen LogP contribution in [0.3, 0.4) is 0 Å². The van der Waals surface area contributed by atoms with E-state index in [1.807, 2.05) is 0 Å². The minimum absolute atomic E-state index is 0.0751. The number of rotatable bonds is 9. The molecule has 8 atom stereocenters. The summed E-state index contributed by atoms with van der Waals surface area (Å²) in [6.07, 6.45) is 12.4. The lowest BCUT2D eigenvalue weighted by Crippen LogP contribution is -2.51. The molecular weight excluding hydrogens is 516 g/mol. The van der Waals surface area contributed by atoms with Gasteiger partial charge in [0.15, 0.2) is 0 Å². The zero-order chi connectivity index (χ0) is 27.4. The van der Waals surface area contributed by atoms with Crippen LogP contribution in [-0.4, -0.2) is 37.6 Å². The zero-order valence-corrected chi connectivity index (χ0v) is 24.6. The monoisotopic (exact) mass is 562 g/mol. The highest BCUT2D eigenvalue weighted by atomic mass is 32.3. The van der Waals surface area contributed by atoms with E-state index in [1.165, 1.54) is 31.3 Å². The summed E-state index contributed by atoms with van der Waals surface area (Å²) in [7, 11) is -8.89. The van der Waals surface area contributed by atoms with Crippen LogP contribution in [0.15, 0.2) is 11.6 Å². The van der Waals surface area contributed by atoms with E-state index in [9.17, 15) is 16.8 Å². The predicted octanol–water partition coefficient (Wildman–Crippen LogP) is 6.16. The van der Waals surface area contributed by atoms with Gasteiger partial charge in [0.1, 0.15) is 0 Å². The molecule has 3 fully saturated rings. The highest BCUT2D eigenvalue weighted by Gasteiger charge is 2.59. The van der Waals surface area contributed by atoms with E-state index >= 15 is 0 Å². The first-order chi connectivity index (χ1) is 16.9. The summed E-state index contributed by atoms with van der Waals surface area (Å²) in [6.45, 7) is 10.6. The minimum atomic E-state index is -4.46. The molecule has 0 aromatic rings. The average molecular weight is 563 g/mol. The van der Waals surface area contributed by atoms with Gasteiger partial charge in [0.05, 0.1) is 11.7 Å². The molecule has 0 saturated heterocycles. The van der Waals surface area contributed by atoms with Gasteiger partial charge in [0.25, 0.3) is 0 Å². The van der Waals surface area contributed by atoms with Crippen LogP contribution >= 0.6 is 0 Å². The highest BCUT2D eigenvalue weighted by molar-refractivity contribution is 7.81. The van der Waals surface area contributed by atoms with Crippen molar-refractivity contribution in [2.24, 2.45) is 40.4 Å². The Morgan fingerprint density at radius 3 is 2.38 bits per heavy atom. The Morgan fingerprint density at radius 2 is 1.73 bits per heavy atom. The maximum absolute atomic E-state index is 11.3. The lowest BCUT2D eigenvalue weighted by molar-refractivity contribution is -0.0562. The summed E-state index contributed by atoms with van der Waals surface area (Å²) in [6, 6.07) is 0. The Labute approximate surface area is 223 Å². The molecule has 3 saturated carbocycles. The maximum atomic E-state index is 11.3. The van der Waals surface area contributed by atoms with Crippen molar-refractivity contribution in [3.05, 3.63) is 11.6 Å². The molecule has 0 bridgehead atoms. The first kappa shape index (κ1) is 29.5. The fourth-order valence-electron chi connectivity index (χ4n) is 9.23. The van der Waals surface area contributed by atoms with Crippen molar-refractivity contribution in [3.8, 4) is 0 Å². The fraction of sp³-hybridized carbons (Fsp3) is 0.926. The summed E-state index contributed by atoms with van der Waals surface area (Å²) >= 11 is 0. The first-order valence-electron chi connectivity index (χ1n) is 14.0. The van der Waals surface area contributed by atoms with Gasteiger partial charge in [-0.25, -0.2) is 8.37 Å². The molecule has 4 aliphatic carbocycles. The van der Waals surface area contributed by atoms with Crippen LogP contribution < -0.4 is 0 Å². The van der Waals surface area contributed by atoms with E-state index in [2.05, 4.69) is 26.8 Å². The van der Waals surface area contributed by atoms with E-state index in [0.717, 1.165) is 25.7 Å². The van der Waals surface area contributed by atoms with Gasteiger partial charge in [0.2, 0.25) is 0 Å². The van der Waals surface area contributed by atoms with Gasteiger partial charge in [-0.15, -0.1) is 0 Å². The lowest BCUT2D eigenvalue weighted by atomic mass is 9.47. The Morgan fingerprint density at radius 1 is 1.03 bits per heavy atom. The van der Waals surface area contributed by atoms with Crippen LogP contribution in [0.4, 0.5) is 0 Å². The molecule has 4 aliphatic rings. The van der Waals surface area contributed by atoms with Gasteiger partial charge < -0.3 is 0 Å². The van der Waals surface area contributed by atoms with E-state index in [0.29, 0.717) is 54.3 Å². The number of fused-ring (bicyclic) bond motifs is 5. The van der Waals surface area contributed by atoms with E-state index in [-0.39, 0.29) is 5.41 Å². The molecule has 10 heteroatoms. The summed E-state index contributed by atoms with van der Waals surface area (Å²) in [5.41, 5.74) is 0.773. The van der Waals surface area contributed by atoms with Crippen molar-refractivity contribution in [2.45, 2.75) is 117 Å². The highest BCUT2D eigenvalue weighted by Crippen LogP contribution is 2.67. The molecule has 0 aliphatic heterocycles. The van der Waals surface area contributed by atoms with Gasteiger partial charge in [-0.05, 0) is 112 Å². The molecule has 4 rings (SSSR count). The second-order valence-corrected chi connectivity index (χ2v) is 15.6. The third-order valence-electron chi connectivity index (χ3n) is 10.8. The largest absolute Gasteiger partial charge is 0.397 e. The predicted molar refractivity (Wildman–Crippen MR) is 141 cm³/mol. The van der Waals surface area contributed by atoms with Gasteiger partial charge >= 0.3 is 20.8 Å². The molecule has 0 heterocycles. The number of allylic oxidation sites excluding steroid dienone is 1. The minimum Gasteiger partial charge on any atom is -0.264 e. The second kappa shape index (κ2) is 10.1. The summed E-state index contributed by atoms with van der Waals surface area (Å²) in [5.74, 6) is 3.10. The summed E-state index contributed by atoms with van der Waals surface area (Å²) in [4.78, 5) is 0. The maximum Gasteiger partial charge on any atom is 0.397 e. The smallest absolute Gasteiger partial charge is 0.264 e. The van der Waals surface area contributed by atoms with Crippen LogP contribution in [0.2, 0.25) is 0 Å². The molecule has 214 valence electrons. The van der Waals surface area contributed by atoms with Crippen LogP contribution in [-0.2, 0) is 29.2 Å². The molecular formula is C27H46O8S2. The third-order valence-corrected chi connectivity index (χ3v) is 12.0. The molecule has 8 nitrogen and oxygen atoms in total. The molecule has 0 aromatic heterocycles.